The van der Waals surface area contributed by atoms with Gasteiger partial charge in [0.15, 0.2) is 0 Å². The summed E-state index contributed by atoms with van der Waals surface area (Å²) in [6.45, 7) is 1.58. The number of primary amides is 1. The molecule has 0 bridgehead atoms. The zero-order valence-corrected chi connectivity index (χ0v) is 15.5. The molecular formula is C15H27N5O8. The molecule has 0 saturated heterocycles. The first-order chi connectivity index (χ1) is 12.9. The van der Waals surface area contributed by atoms with Gasteiger partial charge in [0.25, 0.3) is 0 Å². The third kappa shape index (κ3) is 8.28. The average Bonchev–Trinajstić information content (AvgIpc) is 2.61. The Bertz CT molecular complexity index is 597. The molecule has 0 aliphatic carbocycles. The van der Waals surface area contributed by atoms with Crippen LogP contribution < -0.4 is 27.4 Å². The molecule has 4 unspecified atom stereocenters. The van der Waals surface area contributed by atoms with Crippen LogP contribution in [0.5, 0.6) is 0 Å². The third-order valence-electron chi connectivity index (χ3n) is 3.67. The number of hydrogen-bond donors (Lipinski definition) is 8. The number of carbonyl (C=O) groups is 5. The van der Waals surface area contributed by atoms with E-state index in [1.54, 1.807) is 13.8 Å². The lowest BCUT2D eigenvalue weighted by Crippen LogP contribution is -2.59. The molecule has 13 heteroatoms. The maximum Gasteiger partial charge on any atom is 0.328 e. The molecule has 4 atom stereocenters. The maximum atomic E-state index is 12.3. The van der Waals surface area contributed by atoms with Crippen LogP contribution in [0.2, 0.25) is 0 Å². The molecule has 10 N–H and O–H groups in total. The van der Waals surface area contributed by atoms with Gasteiger partial charge in [-0.1, -0.05) is 13.8 Å². The van der Waals surface area contributed by atoms with E-state index in [0.29, 0.717) is 0 Å². The number of carbonyl (C=O) groups excluding carboxylic acids is 4. The minimum Gasteiger partial charge on any atom is -0.480 e. The molecule has 0 aromatic heterocycles. The number of aliphatic hydroxyl groups is 2. The van der Waals surface area contributed by atoms with Gasteiger partial charge in [-0.15, -0.1) is 0 Å². The van der Waals surface area contributed by atoms with E-state index in [1.807, 2.05) is 5.32 Å². The molecule has 0 aromatic rings. The lowest BCUT2D eigenvalue weighted by atomic mass is 10.0. The van der Waals surface area contributed by atoms with E-state index >= 15 is 0 Å². The SMILES string of the molecule is CC(C)C(N)C(=O)NC(CO)C(=O)NC(CC(N)=O)C(=O)NC(CO)C(=O)O. The molecule has 0 fully saturated rings. The van der Waals surface area contributed by atoms with Crippen LogP contribution in [0.3, 0.4) is 0 Å². The van der Waals surface area contributed by atoms with Gasteiger partial charge >= 0.3 is 5.97 Å². The smallest absolute Gasteiger partial charge is 0.328 e. The monoisotopic (exact) mass is 405 g/mol. The summed E-state index contributed by atoms with van der Waals surface area (Å²) in [7, 11) is 0. The molecule has 28 heavy (non-hydrogen) atoms. The maximum absolute atomic E-state index is 12.3. The third-order valence-corrected chi connectivity index (χ3v) is 3.67. The number of nitrogens with one attached hydrogen (secondary N) is 3. The molecule has 0 aromatic carbocycles. The number of nitrogens with two attached hydrogens (primary N) is 2. The molecule has 0 aliphatic heterocycles. The highest BCUT2D eigenvalue weighted by atomic mass is 16.4. The zero-order chi connectivity index (χ0) is 22.0. The van der Waals surface area contributed by atoms with E-state index in [2.05, 4.69) is 10.6 Å². The van der Waals surface area contributed by atoms with Crippen molar-refractivity contribution in [3.63, 3.8) is 0 Å². The van der Waals surface area contributed by atoms with E-state index in [1.165, 1.54) is 0 Å². The van der Waals surface area contributed by atoms with Crippen LogP contribution in [0.25, 0.3) is 0 Å². The summed E-state index contributed by atoms with van der Waals surface area (Å²) in [5.41, 5.74) is 10.7. The van der Waals surface area contributed by atoms with Crippen LogP contribution in [0.4, 0.5) is 0 Å². The second-order valence-corrected chi connectivity index (χ2v) is 6.33. The number of carboxylic acids is 1. The summed E-state index contributed by atoms with van der Waals surface area (Å²) in [6, 6.07) is -5.69. The number of aliphatic carboxylic acids is 1. The van der Waals surface area contributed by atoms with Crippen molar-refractivity contribution in [3.05, 3.63) is 0 Å². The molecule has 0 radical (unpaired) electrons. The molecule has 0 heterocycles. The molecule has 0 spiro atoms. The minimum atomic E-state index is -1.67. The first-order valence-electron chi connectivity index (χ1n) is 8.34. The Balaban J connectivity index is 5.21. The van der Waals surface area contributed by atoms with Gasteiger partial charge < -0.3 is 42.7 Å². The number of rotatable bonds is 12. The van der Waals surface area contributed by atoms with Crippen LogP contribution in [-0.4, -0.2) is 82.3 Å². The summed E-state index contributed by atoms with van der Waals surface area (Å²) >= 11 is 0. The second-order valence-electron chi connectivity index (χ2n) is 6.33. The van der Waals surface area contributed by atoms with Crippen molar-refractivity contribution in [3.8, 4) is 0 Å². The number of amides is 4. The van der Waals surface area contributed by atoms with Crippen LogP contribution >= 0.6 is 0 Å². The first-order valence-corrected chi connectivity index (χ1v) is 8.34. The minimum absolute atomic E-state index is 0.248. The topological polar surface area (TPSA) is 234 Å². The van der Waals surface area contributed by atoms with Crippen molar-refractivity contribution in [2.24, 2.45) is 17.4 Å². The molecule has 0 rings (SSSR count). The summed E-state index contributed by atoms with van der Waals surface area (Å²) in [5.74, 6) is -5.61. The molecule has 0 saturated carbocycles. The fourth-order valence-corrected chi connectivity index (χ4v) is 1.91. The molecule has 13 nitrogen and oxygen atoms in total. The Labute approximate surface area is 160 Å². The van der Waals surface area contributed by atoms with E-state index in [4.69, 9.17) is 21.7 Å². The predicted octanol–water partition coefficient (Wildman–Crippen LogP) is -4.63. The number of aliphatic hydroxyl groups excluding tert-OH is 2. The van der Waals surface area contributed by atoms with E-state index in [9.17, 15) is 29.1 Å². The van der Waals surface area contributed by atoms with Gasteiger partial charge in [-0.3, -0.25) is 19.2 Å². The first kappa shape index (κ1) is 25.2. The fourth-order valence-electron chi connectivity index (χ4n) is 1.91. The highest BCUT2D eigenvalue weighted by Gasteiger charge is 2.31. The molecule has 160 valence electrons. The summed E-state index contributed by atoms with van der Waals surface area (Å²) in [5, 5.41) is 33.4. The number of hydrogen-bond acceptors (Lipinski definition) is 8. The molecule has 4 amide bonds. The van der Waals surface area contributed by atoms with Gasteiger partial charge in [-0.25, -0.2) is 4.79 Å². The summed E-state index contributed by atoms with van der Waals surface area (Å²) in [6.07, 6.45) is -0.688. The highest BCUT2D eigenvalue weighted by molar-refractivity contribution is 5.96. The van der Waals surface area contributed by atoms with Gasteiger partial charge in [-0.05, 0) is 5.92 Å². The van der Waals surface area contributed by atoms with Crippen molar-refractivity contribution >= 4 is 29.6 Å². The fraction of sp³-hybridized carbons (Fsp3) is 0.667. The standard InChI is InChI=1S/C15H27N5O8/c1-6(2)11(17)14(26)19-8(4-21)13(25)18-7(3-10(16)23)12(24)20-9(5-22)15(27)28/h6-9,11,21-22H,3-5,17H2,1-2H3,(H2,16,23)(H,18,25)(H,19,26)(H,20,24)(H,27,28). The Morgan fingerprint density at radius 2 is 1.25 bits per heavy atom. The normalized spacial score (nSPS) is 15.1. The van der Waals surface area contributed by atoms with Crippen molar-refractivity contribution in [1.82, 2.24) is 16.0 Å². The Hall–Kier alpha value is -2.77. The van der Waals surface area contributed by atoms with Gasteiger partial charge in [0.2, 0.25) is 23.6 Å². The van der Waals surface area contributed by atoms with Crippen LogP contribution in [0.1, 0.15) is 20.3 Å². The van der Waals surface area contributed by atoms with Crippen molar-refractivity contribution in [2.75, 3.05) is 13.2 Å². The van der Waals surface area contributed by atoms with Gasteiger partial charge in [0.1, 0.15) is 18.1 Å². The second kappa shape index (κ2) is 11.8. The molecule has 0 aliphatic rings. The van der Waals surface area contributed by atoms with Crippen molar-refractivity contribution < 1.29 is 39.3 Å². The van der Waals surface area contributed by atoms with Gasteiger partial charge in [0, 0.05) is 0 Å². The highest BCUT2D eigenvalue weighted by Crippen LogP contribution is 2.00. The largest absolute Gasteiger partial charge is 0.480 e. The van der Waals surface area contributed by atoms with Gasteiger partial charge in [-0.2, -0.15) is 0 Å². The van der Waals surface area contributed by atoms with E-state index < -0.39 is 73.4 Å². The number of carboxylic acid groups (broad SMARTS) is 1. The van der Waals surface area contributed by atoms with E-state index in [-0.39, 0.29) is 5.92 Å². The quantitative estimate of drug-likeness (QED) is 0.156. The summed E-state index contributed by atoms with van der Waals surface area (Å²) < 4.78 is 0. The predicted molar refractivity (Wildman–Crippen MR) is 94.2 cm³/mol. The van der Waals surface area contributed by atoms with Crippen LogP contribution in [-0.2, 0) is 24.0 Å². The van der Waals surface area contributed by atoms with Crippen LogP contribution in [0, 0.1) is 5.92 Å². The summed E-state index contributed by atoms with van der Waals surface area (Å²) in [4.78, 5) is 58.4. The van der Waals surface area contributed by atoms with Crippen molar-refractivity contribution in [1.29, 1.82) is 0 Å². The van der Waals surface area contributed by atoms with Crippen LogP contribution in [0.15, 0.2) is 0 Å². The lowest BCUT2D eigenvalue weighted by molar-refractivity contribution is -0.143. The molecular weight excluding hydrogens is 378 g/mol. The Morgan fingerprint density at radius 3 is 1.64 bits per heavy atom. The van der Waals surface area contributed by atoms with Crippen molar-refractivity contribution in [2.45, 2.75) is 44.4 Å². The average molecular weight is 405 g/mol. The Morgan fingerprint density at radius 1 is 0.821 bits per heavy atom. The Kier molecular flexibility index (Phi) is 10.7. The lowest BCUT2D eigenvalue weighted by Gasteiger charge is -2.24. The zero-order valence-electron chi connectivity index (χ0n) is 15.5. The van der Waals surface area contributed by atoms with Gasteiger partial charge in [0.05, 0.1) is 25.7 Å². The van der Waals surface area contributed by atoms with E-state index in [0.717, 1.165) is 0 Å².